The minimum absolute atomic E-state index is 0.0291. The van der Waals surface area contributed by atoms with Crippen molar-refractivity contribution in [1.29, 1.82) is 0 Å². The molecule has 4 aromatic rings. The number of nitrogens with one attached hydrogen (secondary N) is 1. The molecule has 4 nitrogen and oxygen atoms in total. The van der Waals surface area contributed by atoms with Crippen LogP contribution >= 0.6 is 23.2 Å². The molecular weight excluding hydrogens is 489 g/mol. The first-order valence-electron chi connectivity index (χ1n) is 12.6. The third kappa shape index (κ3) is 5.46. The van der Waals surface area contributed by atoms with Gasteiger partial charge in [-0.1, -0.05) is 55.2 Å². The van der Waals surface area contributed by atoms with Crippen molar-refractivity contribution < 1.29 is 4.79 Å². The van der Waals surface area contributed by atoms with Crippen LogP contribution in [0.1, 0.15) is 43.7 Å². The van der Waals surface area contributed by atoms with Crippen LogP contribution in [0.5, 0.6) is 0 Å². The van der Waals surface area contributed by atoms with E-state index in [0.29, 0.717) is 5.92 Å². The number of likely N-dealkylation sites (tertiary alicyclic amines) is 1. The summed E-state index contributed by atoms with van der Waals surface area (Å²) >= 11 is 12.5. The highest BCUT2D eigenvalue weighted by molar-refractivity contribution is 6.31. The summed E-state index contributed by atoms with van der Waals surface area (Å²) in [7, 11) is 0. The first-order chi connectivity index (χ1) is 17.4. The van der Waals surface area contributed by atoms with E-state index < -0.39 is 0 Å². The summed E-state index contributed by atoms with van der Waals surface area (Å²) in [6.45, 7) is 6.80. The van der Waals surface area contributed by atoms with Crippen LogP contribution < -0.4 is 5.32 Å². The Bertz CT molecular complexity index is 1370. The zero-order valence-corrected chi connectivity index (χ0v) is 22.2. The maximum Gasteiger partial charge on any atom is 0.226 e. The second-order valence-corrected chi connectivity index (χ2v) is 10.9. The highest BCUT2D eigenvalue weighted by Gasteiger charge is 2.22. The summed E-state index contributed by atoms with van der Waals surface area (Å²) in [5.41, 5.74) is 5.68. The van der Waals surface area contributed by atoms with Gasteiger partial charge < -0.3 is 9.88 Å². The molecule has 1 amide bonds. The van der Waals surface area contributed by atoms with Gasteiger partial charge in [-0.2, -0.15) is 0 Å². The van der Waals surface area contributed by atoms with E-state index in [2.05, 4.69) is 39.2 Å². The van der Waals surface area contributed by atoms with Gasteiger partial charge in [0.15, 0.2) is 0 Å². The Morgan fingerprint density at radius 1 is 0.972 bits per heavy atom. The highest BCUT2D eigenvalue weighted by Crippen LogP contribution is 2.33. The molecule has 6 heteroatoms. The Hall–Kier alpha value is -2.79. The standard InChI is InChI=1S/C30H31Cl2N3O/c1-20(2)30(36)33-26-5-3-4-22(16-26)21-12-14-34(15-13-21)18-23-19-35(27-9-6-24(31)7-10-27)29-17-25(32)8-11-28(23)29/h3-11,16-17,19-21H,12-15,18H2,1-2H3,(H,33,36). The molecule has 0 atom stereocenters. The van der Waals surface area contributed by atoms with Gasteiger partial charge in [-0.15, -0.1) is 0 Å². The molecule has 0 radical (unpaired) electrons. The van der Waals surface area contributed by atoms with E-state index in [-0.39, 0.29) is 11.8 Å². The Kier molecular flexibility index (Phi) is 7.38. The lowest BCUT2D eigenvalue weighted by Gasteiger charge is -2.32. The van der Waals surface area contributed by atoms with Crippen molar-refractivity contribution in [3.63, 3.8) is 0 Å². The van der Waals surface area contributed by atoms with Gasteiger partial charge in [0.05, 0.1) is 5.52 Å². The number of hydrogen-bond acceptors (Lipinski definition) is 2. The topological polar surface area (TPSA) is 37.3 Å². The van der Waals surface area contributed by atoms with Crippen molar-refractivity contribution in [1.82, 2.24) is 9.47 Å². The van der Waals surface area contributed by atoms with Gasteiger partial charge in [-0.05, 0) is 91.5 Å². The maximum absolute atomic E-state index is 12.1. The van der Waals surface area contributed by atoms with E-state index in [0.717, 1.165) is 59.4 Å². The number of rotatable bonds is 6. The van der Waals surface area contributed by atoms with Gasteiger partial charge >= 0.3 is 0 Å². The quantitative estimate of drug-likeness (QED) is 0.281. The summed E-state index contributed by atoms with van der Waals surface area (Å²) in [5.74, 6) is 0.533. The van der Waals surface area contributed by atoms with Crippen LogP contribution in [0.3, 0.4) is 0 Å². The monoisotopic (exact) mass is 519 g/mol. The van der Waals surface area contributed by atoms with Crippen LogP contribution in [0.25, 0.3) is 16.6 Å². The number of carbonyl (C=O) groups excluding carboxylic acids is 1. The zero-order valence-electron chi connectivity index (χ0n) is 20.7. The van der Waals surface area contributed by atoms with Gasteiger partial charge in [0.2, 0.25) is 5.91 Å². The Morgan fingerprint density at radius 2 is 1.69 bits per heavy atom. The number of piperidine rings is 1. The van der Waals surface area contributed by atoms with Crippen molar-refractivity contribution in [3.8, 4) is 5.69 Å². The van der Waals surface area contributed by atoms with E-state index in [9.17, 15) is 4.79 Å². The molecule has 186 valence electrons. The van der Waals surface area contributed by atoms with E-state index >= 15 is 0 Å². The largest absolute Gasteiger partial charge is 0.326 e. The second kappa shape index (κ2) is 10.7. The molecule has 0 saturated carbocycles. The average molecular weight is 521 g/mol. The van der Waals surface area contributed by atoms with Crippen molar-refractivity contribution in [2.45, 2.75) is 39.2 Å². The summed E-state index contributed by atoms with van der Waals surface area (Å²) in [4.78, 5) is 14.6. The van der Waals surface area contributed by atoms with E-state index in [1.807, 2.05) is 62.4 Å². The molecule has 0 unspecified atom stereocenters. The number of nitrogens with zero attached hydrogens (tertiary/aromatic N) is 2. The fourth-order valence-corrected chi connectivity index (χ4v) is 5.33. The molecule has 36 heavy (non-hydrogen) atoms. The second-order valence-electron chi connectivity index (χ2n) is 9.98. The van der Waals surface area contributed by atoms with Gasteiger partial charge in [-0.3, -0.25) is 9.69 Å². The van der Waals surface area contributed by atoms with Crippen molar-refractivity contribution in [2.75, 3.05) is 18.4 Å². The number of fused-ring (bicyclic) bond motifs is 1. The summed E-state index contributed by atoms with van der Waals surface area (Å²) in [5, 5.41) is 5.72. The van der Waals surface area contributed by atoms with E-state index in [1.165, 1.54) is 16.5 Å². The van der Waals surface area contributed by atoms with Crippen molar-refractivity contribution in [2.24, 2.45) is 5.92 Å². The summed E-state index contributed by atoms with van der Waals surface area (Å²) in [6, 6.07) is 22.4. The Balaban J connectivity index is 1.30. The third-order valence-corrected chi connectivity index (χ3v) is 7.57. The van der Waals surface area contributed by atoms with Gasteiger partial charge in [0.25, 0.3) is 0 Å². The Morgan fingerprint density at radius 3 is 2.42 bits per heavy atom. The molecule has 2 heterocycles. The molecule has 1 fully saturated rings. The minimum Gasteiger partial charge on any atom is -0.326 e. The lowest BCUT2D eigenvalue weighted by molar-refractivity contribution is -0.118. The van der Waals surface area contributed by atoms with Crippen LogP contribution in [-0.2, 0) is 11.3 Å². The van der Waals surface area contributed by atoms with Crippen LogP contribution in [0.15, 0.2) is 72.9 Å². The molecule has 0 spiro atoms. The number of amides is 1. The predicted octanol–water partition coefficient (Wildman–Crippen LogP) is 7.91. The first kappa shape index (κ1) is 24.9. The molecule has 1 aromatic heterocycles. The number of hydrogen-bond donors (Lipinski definition) is 1. The lowest BCUT2D eigenvalue weighted by Crippen LogP contribution is -2.32. The van der Waals surface area contributed by atoms with E-state index in [1.54, 1.807) is 0 Å². The Labute approximate surface area is 222 Å². The number of anilines is 1. The number of benzene rings is 3. The number of halogens is 2. The van der Waals surface area contributed by atoms with Gasteiger partial charge in [-0.25, -0.2) is 0 Å². The van der Waals surface area contributed by atoms with Gasteiger partial charge in [0, 0.05) is 45.5 Å². The molecule has 3 aromatic carbocycles. The summed E-state index contributed by atoms with van der Waals surface area (Å²) < 4.78 is 2.20. The number of aromatic nitrogens is 1. The number of carbonyl (C=O) groups is 1. The fraction of sp³-hybridized carbons (Fsp3) is 0.300. The molecule has 1 saturated heterocycles. The highest BCUT2D eigenvalue weighted by atomic mass is 35.5. The van der Waals surface area contributed by atoms with Gasteiger partial charge in [0.1, 0.15) is 0 Å². The molecule has 0 aliphatic carbocycles. The molecule has 5 rings (SSSR count). The fourth-order valence-electron chi connectivity index (χ4n) is 5.03. The zero-order chi connectivity index (χ0) is 25.2. The smallest absolute Gasteiger partial charge is 0.226 e. The van der Waals surface area contributed by atoms with Crippen LogP contribution in [-0.4, -0.2) is 28.5 Å². The molecule has 1 aliphatic rings. The molecule has 0 bridgehead atoms. The van der Waals surface area contributed by atoms with Crippen LogP contribution in [0.2, 0.25) is 10.0 Å². The normalized spacial score (nSPS) is 15.0. The summed E-state index contributed by atoms with van der Waals surface area (Å²) in [6.07, 6.45) is 4.43. The third-order valence-electron chi connectivity index (χ3n) is 7.09. The van der Waals surface area contributed by atoms with Crippen molar-refractivity contribution in [3.05, 3.63) is 94.1 Å². The SMILES string of the molecule is CC(C)C(=O)Nc1cccc(C2CCN(Cc3cn(-c4ccc(Cl)cc4)c4cc(Cl)ccc34)CC2)c1. The molecular formula is C30H31Cl2N3O. The first-order valence-corrected chi connectivity index (χ1v) is 13.3. The molecule has 1 aliphatic heterocycles. The molecule has 1 N–H and O–H groups in total. The lowest BCUT2D eigenvalue weighted by atomic mass is 9.89. The minimum atomic E-state index is -0.0291. The average Bonchev–Trinajstić information content (AvgIpc) is 3.22. The predicted molar refractivity (Wildman–Crippen MR) is 150 cm³/mol. The van der Waals surface area contributed by atoms with Crippen LogP contribution in [0, 0.1) is 5.92 Å². The van der Waals surface area contributed by atoms with Crippen LogP contribution in [0.4, 0.5) is 5.69 Å². The maximum atomic E-state index is 12.1. The van der Waals surface area contributed by atoms with Crippen molar-refractivity contribution >= 4 is 45.7 Å². The van der Waals surface area contributed by atoms with E-state index in [4.69, 9.17) is 23.2 Å².